The van der Waals surface area contributed by atoms with Crippen LogP contribution in [0.2, 0.25) is 0 Å². The highest BCUT2D eigenvalue weighted by molar-refractivity contribution is 9.11. The molecule has 0 atom stereocenters. The fraction of sp³-hybridized carbons (Fsp3) is 0.250. The summed E-state index contributed by atoms with van der Waals surface area (Å²) in [6.45, 7) is 4.71. The van der Waals surface area contributed by atoms with E-state index in [9.17, 15) is 0 Å². The second-order valence-corrected chi connectivity index (χ2v) is 5.68. The van der Waals surface area contributed by atoms with Gasteiger partial charge in [0.15, 0.2) is 5.82 Å². The molecule has 3 N–H and O–H groups in total. The van der Waals surface area contributed by atoms with Crippen molar-refractivity contribution in [2.45, 2.75) is 20.4 Å². The largest absolute Gasteiger partial charge is 0.394 e. The third-order valence-corrected chi connectivity index (χ3v) is 3.81. The maximum absolute atomic E-state index is 6.04. The number of nitrogen functional groups attached to an aromatic ring is 1. The van der Waals surface area contributed by atoms with Crippen LogP contribution in [0.25, 0.3) is 0 Å². The van der Waals surface area contributed by atoms with Gasteiger partial charge in [0.05, 0.1) is 17.1 Å². The van der Waals surface area contributed by atoms with E-state index >= 15 is 0 Å². The average Bonchev–Trinajstić information content (AvgIpc) is 2.60. The van der Waals surface area contributed by atoms with Gasteiger partial charge >= 0.3 is 0 Å². The summed E-state index contributed by atoms with van der Waals surface area (Å²) in [5, 5.41) is 7.69. The number of halogens is 2. The molecule has 6 heteroatoms. The number of benzene rings is 1. The minimum Gasteiger partial charge on any atom is -0.394 e. The van der Waals surface area contributed by atoms with E-state index in [2.05, 4.69) is 42.3 Å². The molecule has 0 aliphatic rings. The summed E-state index contributed by atoms with van der Waals surface area (Å²) >= 11 is 6.95. The van der Waals surface area contributed by atoms with Crippen molar-refractivity contribution in [3.8, 4) is 0 Å². The van der Waals surface area contributed by atoms with E-state index in [0.717, 1.165) is 32.7 Å². The Morgan fingerprint density at radius 2 is 2.11 bits per heavy atom. The van der Waals surface area contributed by atoms with Crippen molar-refractivity contribution >= 4 is 49.1 Å². The summed E-state index contributed by atoms with van der Waals surface area (Å²) in [6, 6.07) is 5.94. The fourth-order valence-corrected chi connectivity index (χ4v) is 2.82. The summed E-state index contributed by atoms with van der Waals surface area (Å²) in [5.74, 6) is 0.832. The van der Waals surface area contributed by atoms with Crippen molar-refractivity contribution in [2.24, 2.45) is 0 Å². The van der Waals surface area contributed by atoms with Crippen LogP contribution in [0.15, 0.2) is 27.1 Å². The summed E-state index contributed by atoms with van der Waals surface area (Å²) in [6.07, 6.45) is 0. The maximum atomic E-state index is 6.04. The Balaban J connectivity index is 2.39. The van der Waals surface area contributed by atoms with Crippen molar-refractivity contribution < 1.29 is 0 Å². The van der Waals surface area contributed by atoms with Crippen molar-refractivity contribution in [3.63, 3.8) is 0 Å². The standard InChI is InChI=1S/C12H14Br2N4/c1-3-18-12(11(15)7(2)17-18)16-10-5-4-8(13)6-9(10)14/h4-6,16H,3,15H2,1-2H3. The smallest absolute Gasteiger partial charge is 0.152 e. The number of anilines is 3. The highest BCUT2D eigenvalue weighted by atomic mass is 79.9. The number of nitrogens with two attached hydrogens (primary N) is 1. The molecule has 0 radical (unpaired) electrons. The van der Waals surface area contributed by atoms with Gasteiger partial charge in [0.1, 0.15) is 0 Å². The van der Waals surface area contributed by atoms with Crippen LogP contribution in [-0.2, 0) is 6.54 Å². The molecule has 0 unspecified atom stereocenters. The second kappa shape index (κ2) is 5.32. The van der Waals surface area contributed by atoms with Crippen LogP contribution in [0.5, 0.6) is 0 Å². The molecule has 1 heterocycles. The number of hydrogen-bond acceptors (Lipinski definition) is 3. The quantitative estimate of drug-likeness (QED) is 0.852. The minimum atomic E-state index is 0.687. The summed E-state index contributed by atoms with van der Waals surface area (Å²) in [5.41, 5.74) is 8.52. The average molecular weight is 374 g/mol. The maximum Gasteiger partial charge on any atom is 0.152 e. The van der Waals surface area contributed by atoms with Gasteiger partial charge in [-0.3, -0.25) is 0 Å². The van der Waals surface area contributed by atoms with Crippen molar-refractivity contribution in [2.75, 3.05) is 11.1 Å². The zero-order chi connectivity index (χ0) is 13.3. The zero-order valence-corrected chi connectivity index (χ0v) is 13.3. The van der Waals surface area contributed by atoms with Crippen molar-refractivity contribution in [3.05, 3.63) is 32.8 Å². The Labute approximate surface area is 123 Å². The second-order valence-electron chi connectivity index (χ2n) is 3.91. The lowest BCUT2D eigenvalue weighted by molar-refractivity contribution is 0.661. The van der Waals surface area contributed by atoms with Gasteiger partial charge in [-0.15, -0.1) is 0 Å². The molecule has 18 heavy (non-hydrogen) atoms. The number of nitrogens with zero attached hydrogens (tertiary/aromatic N) is 2. The van der Waals surface area contributed by atoms with Crippen LogP contribution < -0.4 is 11.1 Å². The number of rotatable bonds is 3. The molecule has 4 nitrogen and oxygen atoms in total. The van der Waals surface area contributed by atoms with E-state index in [1.165, 1.54) is 0 Å². The van der Waals surface area contributed by atoms with Crippen LogP contribution in [-0.4, -0.2) is 9.78 Å². The van der Waals surface area contributed by atoms with Gasteiger partial charge in [-0.2, -0.15) is 5.10 Å². The van der Waals surface area contributed by atoms with E-state index in [1.54, 1.807) is 0 Å². The summed E-state index contributed by atoms with van der Waals surface area (Å²) in [7, 11) is 0. The Bertz CT molecular complexity index is 578. The number of aryl methyl sites for hydroxylation is 2. The van der Waals surface area contributed by atoms with Crippen LogP contribution >= 0.6 is 31.9 Å². The van der Waals surface area contributed by atoms with Crippen molar-refractivity contribution in [1.29, 1.82) is 0 Å². The lowest BCUT2D eigenvalue weighted by atomic mass is 10.3. The van der Waals surface area contributed by atoms with Gasteiger partial charge in [-0.25, -0.2) is 4.68 Å². The first-order chi connectivity index (χ1) is 8.52. The van der Waals surface area contributed by atoms with Crippen LogP contribution in [0, 0.1) is 6.92 Å². The summed E-state index contributed by atoms with van der Waals surface area (Å²) < 4.78 is 3.85. The first-order valence-electron chi connectivity index (χ1n) is 5.58. The lowest BCUT2D eigenvalue weighted by Crippen LogP contribution is -2.04. The zero-order valence-electron chi connectivity index (χ0n) is 10.2. The third kappa shape index (κ3) is 2.54. The Morgan fingerprint density at radius 1 is 1.39 bits per heavy atom. The van der Waals surface area contributed by atoms with E-state index in [-0.39, 0.29) is 0 Å². The SMILES string of the molecule is CCn1nc(C)c(N)c1Nc1ccc(Br)cc1Br. The Kier molecular flexibility index (Phi) is 3.97. The van der Waals surface area contributed by atoms with Crippen LogP contribution in [0.3, 0.4) is 0 Å². The normalized spacial score (nSPS) is 10.7. The highest BCUT2D eigenvalue weighted by Crippen LogP contribution is 2.31. The molecule has 0 spiro atoms. The van der Waals surface area contributed by atoms with Crippen LogP contribution in [0.4, 0.5) is 17.2 Å². The van der Waals surface area contributed by atoms with Gasteiger partial charge in [0.25, 0.3) is 0 Å². The van der Waals surface area contributed by atoms with Gasteiger partial charge in [0.2, 0.25) is 0 Å². The molecule has 0 saturated heterocycles. The monoisotopic (exact) mass is 372 g/mol. The lowest BCUT2D eigenvalue weighted by Gasteiger charge is -2.11. The van der Waals surface area contributed by atoms with E-state index in [0.29, 0.717) is 5.69 Å². The van der Waals surface area contributed by atoms with E-state index in [4.69, 9.17) is 5.73 Å². The van der Waals surface area contributed by atoms with Crippen molar-refractivity contribution in [1.82, 2.24) is 9.78 Å². The first-order valence-corrected chi connectivity index (χ1v) is 7.16. The molecule has 0 bridgehead atoms. The van der Waals surface area contributed by atoms with Gasteiger partial charge < -0.3 is 11.1 Å². The molecule has 2 rings (SSSR count). The molecular formula is C12H14Br2N4. The van der Waals surface area contributed by atoms with Crippen LogP contribution in [0.1, 0.15) is 12.6 Å². The van der Waals surface area contributed by atoms with Gasteiger partial charge in [-0.05, 0) is 48.0 Å². The molecule has 1 aromatic heterocycles. The van der Waals surface area contributed by atoms with Gasteiger partial charge in [-0.1, -0.05) is 15.9 Å². The molecule has 0 saturated carbocycles. The molecule has 0 aliphatic heterocycles. The number of aromatic nitrogens is 2. The highest BCUT2D eigenvalue weighted by Gasteiger charge is 2.12. The number of hydrogen-bond donors (Lipinski definition) is 2. The number of nitrogens with one attached hydrogen (secondary N) is 1. The van der Waals surface area contributed by atoms with E-state index < -0.39 is 0 Å². The predicted octanol–water partition coefficient (Wildman–Crippen LogP) is 4.06. The molecule has 2 aromatic rings. The van der Waals surface area contributed by atoms with Gasteiger partial charge in [0, 0.05) is 15.5 Å². The Morgan fingerprint density at radius 3 is 2.72 bits per heavy atom. The topological polar surface area (TPSA) is 55.9 Å². The summed E-state index contributed by atoms with van der Waals surface area (Å²) in [4.78, 5) is 0. The molecule has 0 aliphatic carbocycles. The fourth-order valence-electron chi connectivity index (χ4n) is 1.67. The van der Waals surface area contributed by atoms with E-state index in [1.807, 2.05) is 36.7 Å². The minimum absolute atomic E-state index is 0.687. The third-order valence-electron chi connectivity index (χ3n) is 2.66. The molecular weight excluding hydrogens is 360 g/mol. The Hall–Kier alpha value is -1.01. The molecule has 96 valence electrons. The molecule has 0 amide bonds. The first kappa shape index (κ1) is 13.4. The predicted molar refractivity (Wildman–Crippen MR) is 82.2 cm³/mol. The molecule has 1 aromatic carbocycles. The molecule has 0 fully saturated rings.